The van der Waals surface area contributed by atoms with Gasteiger partial charge >= 0.3 is 0 Å². The lowest BCUT2D eigenvalue weighted by Gasteiger charge is -1.90. The Morgan fingerprint density at radius 2 is 2.44 bits per heavy atom. The van der Waals surface area contributed by atoms with Gasteiger partial charge in [-0.25, -0.2) is 0 Å². The second kappa shape index (κ2) is 2.06. The van der Waals surface area contributed by atoms with Crippen LogP contribution in [-0.4, -0.2) is 11.7 Å². The molecule has 2 unspecified atom stereocenters. The molecule has 0 saturated carbocycles. The highest BCUT2D eigenvalue weighted by molar-refractivity contribution is 6.25. The first-order valence-electron chi connectivity index (χ1n) is 2.68. The van der Waals surface area contributed by atoms with Gasteiger partial charge in [0.15, 0.2) is 5.60 Å². The minimum atomic E-state index is -0.484. The lowest BCUT2D eigenvalue weighted by atomic mass is 10.1. The molecule has 0 N–H and O–H groups in total. The first kappa shape index (κ1) is 6.67. The molecule has 1 aliphatic heterocycles. The topological polar surface area (TPSA) is 12.5 Å². The van der Waals surface area contributed by atoms with E-state index in [1.54, 1.807) is 6.08 Å². The minimum absolute atomic E-state index is 0.123. The smallest absolute Gasteiger partial charge is 0.174 e. The first-order chi connectivity index (χ1) is 4.25. The first-order valence-corrected chi connectivity index (χ1v) is 3.12. The zero-order chi connectivity index (χ0) is 6.91. The van der Waals surface area contributed by atoms with Crippen molar-refractivity contribution in [1.29, 1.82) is 0 Å². The van der Waals surface area contributed by atoms with Crippen molar-refractivity contribution >= 4 is 11.6 Å². The Hall–Kier alpha value is -0.450. The Labute approximate surface area is 59.6 Å². The third kappa shape index (κ3) is 0.962. The van der Waals surface area contributed by atoms with Crippen molar-refractivity contribution < 1.29 is 4.74 Å². The number of hydrogen-bond acceptors (Lipinski definition) is 1. The monoisotopic (exact) mass is 142 g/mol. The predicted molar refractivity (Wildman–Crippen MR) is 37.1 cm³/mol. The Morgan fingerprint density at radius 1 is 1.89 bits per heavy atom. The lowest BCUT2D eigenvalue weighted by molar-refractivity contribution is 0.372. The van der Waals surface area contributed by atoms with Crippen molar-refractivity contribution in [3.8, 4) is 12.3 Å². The molecule has 0 aromatic carbocycles. The van der Waals surface area contributed by atoms with Gasteiger partial charge < -0.3 is 4.74 Å². The lowest BCUT2D eigenvalue weighted by Crippen LogP contribution is -2.04. The zero-order valence-electron chi connectivity index (χ0n) is 5.10. The van der Waals surface area contributed by atoms with Crippen molar-refractivity contribution in [2.45, 2.75) is 18.6 Å². The van der Waals surface area contributed by atoms with E-state index in [1.165, 1.54) is 5.54 Å². The molecule has 1 rings (SSSR count). The molecule has 1 fully saturated rings. The molecule has 0 aliphatic carbocycles. The third-order valence-electron chi connectivity index (χ3n) is 1.45. The maximum absolute atomic E-state index is 5.31. The molecule has 1 heterocycles. The number of ether oxygens (including phenoxy) is 1. The van der Waals surface area contributed by atoms with Gasteiger partial charge in [0.2, 0.25) is 0 Å². The Morgan fingerprint density at radius 3 is 2.56 bits per heavy atom. The Bertz CT molecular complexity index is 180. The molecule has 0 bridgehead atoms. The normalized spacial score (nSPS) is 40.8. The van der Waals surface area contributed by atoms with E-state index in [9.17, 15) is 0 Å². The van der Waals surface area contributed by atoms with Crippen LogP contribution in [0.25, 0.3) is 0 Å². The summed E-state index contributed by atoms with van der Waals surface area (Å²) in [5.74, 6) is 2.51. The molecule has 1 nitrogen and oxygen atoms in total. The average Bonchev–Trinajstić information content (AvgIpc) is 2.45. The van der Waals surface area contributed by atoms with Crippen molar-refractivity contribution in [1.82, 2.24) is 0 Å². The Kier molecular flexibility index (Phi) is 1.52. The van der Waals surface area contributed by atoms with E-state index in [4.69, 9.17) is 22.8 Å². The van der Waals surface area contributed by atoms with Crippen LogP contribution in [0.5, 0.6) is 0 Å². The fraction of sp³-hybridized carbons (Fsp3) is 0.429. The second-order valence-corrected chi connectivity index (χ2v) is 2.24. The molecule has 0 spiro atoms. The highest BCUT2D eigenvalue weighted by Crippen LogP contribution is 2.36. The van der Waals surface area contributed by atoms with E-state index in [2.05, 4.69) is 5.92 Å². The molecule has 0 radical (unpaired) electrons. The van der Waals surface area contributed by atoms with Crippen molar-refractivity contribution in [3.63, 3.8) is 0 Å². The van der Waals surface area contributed by atoms with Crippen LogP contribution in [0.1, 0.15) is 6.92 Å². The molecule has 48 valence electrons. The number of terminal acetylenes is 1. The van der Waals surface area contributed by atoms with Crippen LogP contribution in [-0.2, 0) is 4.74 Å². The predicted octanol–water partition coefficient (Wildman–Crippen LogP) is 1.53. The molecular formula is C7H7ClO. The van der Waals surface area contributed by atoms with Crippen LogP contribution in [0, 0.1) is 12.3 Å². The molecule has 2 atom stereocenters. The fourth-order valence-corrected chi connectivity index (χ4v) is 0.914. The summed E-state index contributed by atoms with van der Waals surface area (Å²) in [5.41, 5.74) is 0.908. The number of halogens is 1. The van der Waals surface area contributed by atoms with Crippen LogP contribution in [0.3, 0.4) is 0 Å². The summed E-state index contributed by atoms with van der Waals surface area (Å²) >= 11 is 5.31. The SMILES string of the molecule is C#CC1(/C=C/Cl)OC1C. The van der Waals surface area contributed by atoms with Gasteiger partial charge in [-0.05, 0) is 13.0 Å². The molecule has 1 saturated heterocycles. The summed E-state index contributed by atoms with van der Waals surface area (Å²) in [6.07, 6.45) is 6.96. The molecular weight excluding hydrogens is 136 g/mol. The standard InChI is InChI=1S/C7H7ClO/c1-3-7(4-5-8)6(2)9-7/h1,4-6H,2H3/b5-4+. The molecule has 2 heteroatoms. The largest absolute Gasteiger partial charge is 0.349 e. The van der Waals surface area contributed by atoms with Gasteiger partial charge in [0.25, 0.3) is 0 Å². The Balaban J connectivity index is 2.66. The van der Waals surface area contributed by atoms with Gasteiger partial charge in [0.05, 0.1) is 0 Å². The van der Waals surface area contributed by atoms with E-state index in [0.29, 0.717) is 0 Å². The van der Waals surface area contributed by atoms with Crippen LogP contribution in [0.2, 0.25) is 0 Å². The summed E-state index contributed by atoms with van der Waals surface area (Å²) in [7, 11) is 0. The third-order valence-corrected chi connectivity index (χ3v) is 1.58. The molecule has 0 aromatic heterocycles. The summed E-state index contributed by atoms with van der Waals surface area (Å²) in [5, 5.41) is 0. The van der Waals surface area contributed by atoms with E-state index in [1.807, 2.05) is 6.92 Å². The van der Waals surface area contributed by atoms with E-state index in [0.717, 1.165) is 0 Å². The number of rotatable bonds is 1. The molecule has 0 aromatic rings. The van der Waals surface area contributed by atoms with Crippen LogP contribution in [0.15, 0.2) is 11.6 Å². The van der Waals surface area contributed by atoms with E-state index >= 15 is 0 Å². The maximum atomic E-state index is 5.31. The molecule has 1 aliphatic rings. The second-order valence-electron chi connectivity index (χ2n) is 1.99. The fourth-order valence-electron chi connectivity index (χ4n) is 0.726. The summed E-state index contributed by atoms with van der Waals surface area (Å²) in [6, 6.07) is 0. The zero-order valence-corrected chi connectivity index (χ0v) is 5.85. The number of epoxide rings is 1. The van der Waals surface area contributed by atoms with Gasteiger partial charge in [-0.3, -0.25) is 0 Å². The molecule has 0 amide bonds. The van der Waals surface area contributed by atoms with Crippen LogP contribution >= 0.6 is 11.6 Å². The van der Waals surface area contributed by atoms with E-state index in [-0.39, 0.29) is 6.10 Å². The average molecular weight is 143 g/mol. The summed E-state index contributed by atoms with van der Waals surface area (Å²) < 4.78 is 5.09. The van der Waals surface area contributed by atoms with Crippen molar-refractivity contribution in [3.05, 3.63) is 11.6 Å². The van der Waals surface area contributed by atoms with Crippen LogP contribution in [0.4, 0.5) is 0 Å². The number of hydrogen-bond donors (Lipinski definition) is 0. The highest BCUT2D eigenvalue weighted by atomic mass is 35.5. The maximum Gasteiger partial charge on any atom is 0.174 e. The molecule has 9 heavy (non-hydrogen) atoms. The van der Waals surface area contributed by atoms with E-state index < -0.39 is 5.60 Å². The van der Waals surface area contributed by atoms with Gasteiger partial charge in [-0.1, -0.05) is 17.5 Å². The van der Waals surface area contributed by atoms with Crippen molar-refractivity contribution in [2.75, 3.05) is 0 Å². The van der Waals surface area contributed by atoms with Gasteiger partial charge in [-0.15, -0.1) is 6.42 Å². The van der Waals surface area contributed by atoms with Crippen LogP contribution < -0.4 is 0 Å². The van der Waals surface area contributed by atoms with Crippen molar-refractivity contribution in [2.24, 2.45) is 0 Å². The van der Waals surface area contributed by atoms with Gasteiger partial charge in [0.1, 0.15) is 6.10 Å². The quantitative estimate of drug-likeness (QED) is 0.400. The van der Waals surface area contributed by atoms with Gasteiger partial charge in [-0.2, -0.15) is 0 Å². The van der Waals surface area contributed by atoms with Gasteiger partial charge in [0, 0.05) is 5.54 Å². The minimum Gasteiger partial charge on any atom is -0.349 e. The summed E-state index contributed by atoms with van der Waals surface area (Å²) in [4.78, 5) is 0. The highest BCUT2D eigenvalue weighted by Gasteiger charge is 2.49. The summed E-state index contributed by atoms with van der Waals surface area (Å²) in [6.45, 7) is 1.91.